The third-order valence-corrected chi connectivity index (χ3v) is 9.45. The van der Waals surface area contributed by atoms with E-state index in [1.807, 2.05) is 6.07 Å². The number of carbonyl (C=O) groups is 2. The molecular formula is C35H41F6NO6. The van der Waals surface area contributed by atoms with Gasteiger partial charge in [-0.05, 0) is 96.5 Å². The van der Waals surface area contributed by atoms with Gasteiger partial charge < -0.3 is 19.7 Å². The number of rotatable bonds is 7. The monoisotopic (exact) mass is 685 g/mol. The fraction of sp³-hybridized carbons (Fsp3) is 0.543. The van der Waals surface area contributed by atoms with Gasteiger partial charge in [0, 0.05) is 12.1 Å². The van der Waals surface area contributed by atoms with E-state index in [2.05, 4.69) is 26.0 Å². The van der Waals surface area contributed by atoms with Crippen molar-refractivity contribution in [2.75, 3.05) is 13.7 Å². The molecule has 2 N–H and O–H groups in total. The number of ether oxygens (including phenoxy) is 2. The van der Waals surface area contributed by atoms with Crippen LogP contribution in [0.2, 0.25) is 0 Å². The van der Waals surface area contributed by atoms with Crippen LogP contribution in [0.25, 0.3) is 5.57 Å². The Kier molecular flexibility index (Phi) is 11.0. The molecule has 2 atom stereocenters. The Morgan fingerprint density at radius 1 is 1.00 bits per heavy atom. The Morgan fingerprint density at radius 3 is 2.12 bits per heavy atom. The van der Waals surface area contributed by atoms with Crippen LogP contribution in [0.4, 0.5) is 35.9 Å². The first-order valence-electron chi connectivity index (χ1n) is 15.9. The van der Waals surface area contributed by atoms with E-state index >= 15 is 0 Å². The van der Waals surface area contributed by atoms with Gasteiger partial charge in [-0.25, -0.2) is 9.59 Å². The smallest absolute Gasteiger partial charge is 0.496 e. The average molecular weight is 686 g/mol. The molecule has 1 aliphatic heterocycles. The number of methoxy groups -OCH3 is 1. The maximum Gasteiger partial charge on any atom is 0.503 e. The Bertz CT molecular complexity index is 1490. The van der Waals surface area contributed by atoms with Gasteiger partial charge >= 0.3 is 24.6 Å². The van der Waals surface area contributed by atoms with E-state index < -0.39 is 47.9 Å². The maximum atomic E-state index is 13.6. The second-order valence-corrected chi connectivity index (χ2v) is 13.6. The third kappa shape index (κ3) is 8.96. The van der Waals surface area contributed by atoms with Crippen LogP contribution in [0.15, 0.2) is 42.0 Å². The summed E-state index contributed by atoms with van der Waals surface area (Å²) in [4.78, 5) is 23.2. The average Bonchev–Trinajstić information content (AvgIpc) is 3.59. The van der Waals surface area contributed by atoms with Crippen molar-refractivity contribution >= 4 is 17.8 Å². The summed E-state index contributed by atoms with van der Waals surface area (Å²) in [5.74, 6) is 1.38. The lowest BCUT2D eigenvalue weighted by molar-refractivity contribution is -0.143. The first-order valence-corrected chi connectivity index (χ1v) is 15.9. The lowest BCUT2D eigenvalue weighted by Crippen LogP contribution is -2.35. The molecule has 7 nitrogen and oxygen atoms in total. The summed E-state index contributed by atoms with van der Waals surface area (Å²) in [5.41, 5.74) is 0.970. The van der Waals surface area contributed by atoms with Gasteiger partial charge in [0.1, 0.15) is 11.9 Å². The number of hydrogen-bond acceptors (Lipinski definition) is 4. The molecular weight excluding hydrogens is 644 g/mol. The molecule has 264 valence electrons. The summed E-state index contributed by atoms with van der Waals surface area (Å²) >= 11 is 0. The molecule has 2 aliphatic carbocycles. The number of benzene rings is 2. The van der Waals surface area contributed by atoms with Crippen molar-refractivity contribution in [3.63, 3.8) is 0 Å². The zero-order valence-electron chi connectivity index (χ0n) is 27.3. The molecule has 48 heavy (non-hydrogen) atoms. The molecule has 0 radical (unpaired) electrons. The van der Waals surface area contributed by atoms with Crippen molar-refractivity contribution in [2.24, 2.45) is 11.3 Å². The molecule has 2 fully saturated rings. The van der Waals surface area contributed by atoms with Crippen molar-refractivity contribution in [2.45, 2.75) is 96.6 Å². The van der Waals surface area contributed by atoms with E-state index in [1.165, 1.54) is 36.1 Å². The lowest BCUT2D eigenvalue weighted by Gasteiger charge is -2.36. The summed E-state index contributed by atoms with van der Waals surface area (Å²) in [6.45, 7) is 6.04. The largest absolute Gasteiger partial charge is 0.503 e. The molecule has 2 aromatic rings. The molecule has 3 aliphatic rings. The van der Waals surface area contributed by atoms with Crippen LogP contribution in [0.3, 0.4) is 0 Å². The Hall–Kier alpha value is -3.90. The third-order valence-electron chi connectivity index (χ3n) is 9.45. The predicted molar refractivity (Wildman–Crippen MR) is 166 cm³/mol. The normalized spacial score (nSPS) is 21.5. The molecule has 0 unspecified atom stereocenters. The molecule has 1 saturated carbocycles. The maximum absolute atomic E-state index is 13.6. The minimum atomic E-state index is -5.00. The van der Waals surface area contributed by atoms with Crippen LogP contribution < -0.4 is 4.74 Å². The Balaban J connectivity index is 0.00000123. The lowest BCUT2D eigenvalue weighted by atomic mass is 9.72. The molecule has 1 heterocycles. The van der Waals surface area contributed by atoms with Gasteiger partial charge in [-0.1, -0.05) is 45.6 Å². The number of alkyl halides is 6. The standard InChI is InChI=1S/C34H39F6NO3.CH2O3/c1-20-30(23-15-25(33(35,36)37)17-26(16-23)34(38,39)40)44-31(42)41(20)19-24-18-32(2,3)12-11-27(24)28-14-22(9-10-29(28)43-4)13-21-7-5-6-8-21;2-1(3)4/h9-10,14-17,20-21,30H,5-8,11-13,18-19H2,1-4H3;(H2,2,3,4)/t20-,30-;/m0./s1. The van der Waals surface area contributed by atoms with E-state index in [9.17, 15) is 31.1 Å². The summed E-state index contributed by atoms with van der Waals surface area (Å²) in [6.07, 6.45) is -5.65. The first kappa shape index (κ1) is 36.9. The summed E-state index contributed by atoms with van der Waals surface area (Å²) < 4.78 is 92.6. The molecule has 2 aromatic carbocycles. The number of carbonyl (C=O) groups excluding carboxylic acids is 1. The van der Waals surface area contributed by atoms with E-state index in [0.29, 0.717) is 24.5 Å². The van der Waals surface area contributed by atoms with Crippen LogP contribution >= 0.6 is 0 Å². The van der Waals surface area contributed by atoms with Gasteiger partial charge in [0.15, 0.2) is 0 Å². The van der Waals surface area contributed by atoms with Crippen LogP contribution in [0, 0.1) is 11.3 Å². The highest BCUT2D eigenvalue weighted by Crippen LogP contribution is 2.47. The molecule has 0 aromatic heterocycles. The first-order chi connectivity index (χ1) is 22.3. The van der Waals surface area contributed by atoms with Gasteiger partial charge in [0.2, 0.25) is 0 Å². The van der Waals surface area contributed by atoms with Crippen molar-refractivity contribution < 1.29 is 55.6 Å². The second-order valence-electron chi connectivity index (χ2n) is 13.6. The quantitative estimate of drug-likeness (QED) is 0.282. The molecule has 1 saturated heterocycles. The minimum absolute atomic E-state index is 0.0670. The van der Waals surface area contributed by atoms with Crippen LogP contribution in [0.5, 0.6) is 5.75 Å². The molecule has 0 spiro atoms. The van der Waals surface area contributed by atoms with Crippen molar-refractivity contribution in [1.29, 1.82) is 0 Å². The van der Waals surface area contributed by atoms with Gasteiger partial charge in [-0.15, -0.1) is 0 Å². The van der Waals surface area contributed by atoms with Crippen LogP contribution in [-0.4, -0.2) is 47.1 Å². The van der Waals surface area contributed by atoms with Gasteiger partial charge in [-0.2, -0.15) is 26.3 Å². The molecule has 1 amide bonds. The van der Waals surface area contributed by atoms with Gasteiger partial charge in [0.25, 0.3) is 0 Å². The highest BCUT2D eigenvalue weighted by Gasteiger charge is 2.44. The van der Waals surface area contributed by atoms with E-state index in [0.717, 1.165) is 41.7 Å². The molecule has 5 rings (SSSR count). The number of nitrogens with zero attached hydrogens (tertiary/aromatic N) is 1. The summed E-state index contributed by atoms with van der Waals surface area (Å²) in [7, 11) is 1.62. The van der Waals surface area contributed by atoms with Crippen molar-refractivity contribution in [3.05, 3.63) is 69.8 Å². The minimum Gasteiger partial charge on any atom is -0.496 e. The fourth-order valence-electron chi connectivity index (χ4n) is 7.06. The van der Waals surface area contributed by atoms with Gasteiger partial charge in [0.05, 0.1) is 24.3 Å². The number of hydrogen-bond donors (Lipinski definition) is 2. The second kappa shape index (κ2) is 14.3. The van der Waals surface area contributed by atoms with E-state index in [1.54, 1.807) is 14.0 Å². The Morgan fingerprint density at radius 2 is 1.58 bits per heavy atom. The number of halogens is 6. The number of allylic oxidation sites excluding steroid dienone is 1. The fourth-order valence-corrected chi connectivity index (χ4v) is 7.06. The van der Waals surface area contributed by atoms with E-state index in [-0.39, 0.29) is 23.6 Å². The zero-order chi connectivity index (χ0) is 35.6. The molecule has 0 bridgehead atoms. The van der Waals surface area contributed by atoms with E-state index in [4.69, 9.17) is 24.5 Å². The Labute approximate surface area is 275 Å². The number of carboxylic acid groups (broad SMARTS) is 2. The SMILES string of the molecule is COc1ccc(CC2CCCC2)cc1C1=C(CN2C(=O)O[C@H](c3cc(C(F)(F)F)cc(C(F)(F)F)c3)[C@@H]2C)CC(C)(C)CC1.O=C(O)O. The molecule has 13 heteroatoms. The number of cyclic esters (lactones) is 1. The topological polar surface area (TPSA) is 96.3 Å². The highest BCUT2D eigenvalue weighted by atomic mass is 19.4. The number of amides is 1. The van der Waals surface area contributed by atoms with Crippen molar-refractivity contribution in [3.8, 4) is 5.75 Å². The summed E-state index contributed by atoms with van der Waals surface area (Å²) in [5, 5.41) is 13.9. The van der Waals surface area contributed by atoms with Crippen LogP contribution in [-0.2, 0) is 23.5 Å². The summed E-state index contributed by atoms with van der Waals surface area (Å²) in [6, 6.07) is 6.83. The van der Waals surface area contributed by atoms with Gasteiger partial charge in [-0.3, -0.25) is 4.90 Å². The van der Waals surface area contributed by atoms with Crippen LogP contribution in [0.1, 0.15) is 99.6 Å². The zero-order valence-corrected chi connectivity index (χ0v) is 27.3. The predicted octanol–water partition coefficient (Wildman–Crippen LogP) is 10.2. The van der Waals surface area contributed by atoms with Crippen molar-refractivity contribution in [1.82, 2.24) is 4.90 Å². The highest BCUT2D eigenvalue weighted by molar-refractivity contribution is 5.77.